The van der Waals surface area contributed by atoms with Crippen LogP contribution in [0.1, 0.15) is 31.1 Å². The van der Waals surface area contributed by atoms with Crippen LogP contribution in [0.5, 0.6) is 0 Å². The average molecular weight is 437 g/mol. The summed E-state index contributed by atoms with van der Waals surface area (Å²) in [4.78, 5) is 39.4. The van der Waals surface area contributed by atoms with Crippen molar-refractivity contribution in [1.29, 1.82) is 0 Å². The zero-order valence-electron chi connectivity index (χ0n) is 15.8. The first-order valence-electron chi connectivity index (χ1n) is 9.28. The highest BCUT2D eigenvalue weighted by Crippen LogP contribution is 2.26. The van der Waals surface area contributed by atoms with Gasteiger partial charge in [0.25, 0.3) is 17.7 Å². The minimum atomic E-state index is -0.251. The van der Waals surface area contributed by atoms with Gasteiger partial charge in [-0.3, -0.25) is 19.3 Å². The minimum Gasteiger partial charge on any atom is -0.322 e. The number of anilines is 1. The van der Waals surface area contributed by atoms with Gasteiger partial charge in [-0.25, -0.2) is 0 Å². The van der Waals surface area contributed by atoms with Gasteiger partial charge in [0.15, 0.2) is 0 Å². The molecular formula is C23H17ClN2O3S. The van der Waals surface area contributed by atoms with Gasteiger partial charge in [-0.2, -0.15) is 0 Å². The largest absolute Gasteiger partial charge is 0.322 e. The molecule has 150 valence electrons. The van der Waals surface area contributed by atoms with Crippen molar-refractivity contribution in [3.05, 3.63) is 94.5 Å². The summed E-state index contributed by atoms with van der Waals surface area (Å²) in [5.74, 6) is -0.194. The summed E-state index contributed by atoms with van der Waals surface area (Å²) in [5, 5.41) is 3.35. The van der Waals surface area contributed by atoms with Gasteiger partial charge in [0.05, 0.1) is 11.1 Å². The SMILES string of the molecule is O=C(Nc1cccc(SCCN2C(=O)c3ccccc3C2=O)c1)c1cccc(Cl)c1. The molecule has 5 nitrogen and oxygen atoms in total. The second kappa shape index (κ2) is 8.73. The monoisotopic (exact) mass is 436 g/mol. The van der Waals surface area contributed by atoms with Crippen LogP contribution in [0.3, 0.4) is 0 Å². The molecule has 3 amide bonds. The Morgan fingerprint density at radius 2 is 1.60 bits per heavy atom. The Kier molecular flexibility index (Phi) is 5.88. The van der Waals surface area contributed by atoms with E-state index in [1.165, 1.54) is 16.7 Å². The Morgan fingerprint density at radius 1 is 0.900 bits per heavy atom. The first-order chi connectivity index (χ1) is 14.5. The summed E-state index contributed by atoms with van der Waals surface area (Å²) in [5.41, 5.74) is 2.05. The van der Waals surface area contributed by atoms with Crippen LogP contribution in [0.15, 0.2) is 77.7 Å². The topological polar surface area (TPSA) is 66.5 Å². The molecule has 0 aromatic heterocycles. The van der Waals surface area contributed by atoms with Crippen molar-refractivity contribution in [3.63, 3.8) is 0 Å². The van der Waals surface area contributed by atoms with Crippen molar-refractivity contribution in [2.24, 2.45) is 0 Å². The Hall–Kier alpha value is -3.09. The molecule has 30 heavy (non-hydrogen) atoms. The molecule has 0 fully saturated rings. The number of halogens is 1. The molecule has 0 unspecified atom stereocenters. The fourth-order valence-electron chi connectivity index (χ4n) is 3.19. The molecule has 0 atom stereocenters. The van der Waals surface area contributed by atoms with E-state index in [2.05, 4.69) is 5.32 Å². The lowest BCUT2D eigenvalue weighted by atomic mass is 10.1. The zero-order valence-corrected chi connectivity index (χ0v) is 17.4. The normalized spacial score (nSPS) is 12.8. The molecule has 1 heterocycles. The molecule has 0 bridgehead atoms. The zero-order chi connectivity index (χ0) is 21.1. The third-order valence-electron chi connectivity index (χ3n) is 4.64. The Morgan fingerprint density at radius 3 is 2.30 bits per heavy atom. The number of rotatable bonds is 6. The number of hydrogen-bond donors (Lipinski definition) is 1. The van der Waals surface area contributed by atoms with Gasteiger partial charge in [-0.15, -0.1) is 11.8 Å². The van der Waals surface area contributed by atoms with Crippen LogP contribution >= 0.6 is 23.4 Å². The van der Waals surface area contributed by atoms with E-state index in [1.54, 1.807) is 54.6 Å². The molecule has 4 rings (SSSR count). The first-order valence-corrected chi connectivity index (χ1v) is 10.6. The minimum absolute atomic E-state index is 0.245. The van der Waals surface area contributed by atoms with E-state index < -0.39 is 0 Å². The molecule has 1 aliphatic heterocycles. The van der Waals surface area contributed by atoms with E-state index >= 15 is 0 Å². The summed E-state index contributed by atoms with van der Waals surface area (Å²) in [7, 11) is 0. The summed E-state index contributed by atoms with van der Waals surface area (Å²) in [6, 6.07) is 21.0. The van der Waals surface area contributed by atoms with Crippen molar-refractivity contribution >= 4 is 46.8 Å². The molecule has 3 aromatic carbocycles. The quantitative estimate of drug-likeness (QED) is 0.437. The number of amides is 3. The fraction of sp³-hybridized carbons (Fsp3) is 0.0870. The van der Waals surface area contributed by atoms with Crippen LogP contribution in [0.25, 0.3) is 0 Å². The van der Waals surface area contributed by atoms with Crippen molar-refractivity contribution in [2.45, 2.75) is 4.90 Å². The van der Waals surface area contributed by atoms with E-state index in [-0.39, 0.29) is 17.7 Å². The Bertz CT molecular complexity index is 1110. The lowest BCUT2D eigenvalue weighted by Crippen LogP contribution is -2.31. The van der Waals surface area contributed by atoms with E-state index in [0.717, 1.165) is 4.90 Å². The maximum Gasteiger partial charge on any atom is 0.261 e. The number of nitrogens with one attached hydrogen (secondary N) is 1. The van der Waals surface area contributed by atoms with Crippen molar-refractivity contribution in [1.82, 2.24) is 4.90 Å². The summed E-state index contributed by atoms with van der Waals surface area (Å²) < 4.78 is 0. The predicted octanol–water partition coefficient (Wildman–Crippen LogP) is 4.98. The Balaban J connectivity index is 1.36. The highest BCUT2D eigenvalue weighted by molar-refractivity contribution is 7.99. The van der Waals surface area contributed by atoms with E-state index in [4.69, 9.17) is 11.6 Å². The number of carbonyl (C=O) groups is 3. The van der Waals surface area contributed by atoms with Gasteiger partial charge >= 0.3 is 0 Å². The number of carbonyl (C=O) groups excluding carboxylic acids is 3. The van der Waals surface area contributed by atoms with Crippen molar-refractivity contribution < 1.29 is 14.4 Å². The van der Waals surface area contributed by atoms with Crippen LogP contribution in [-0.4, -0.2) is 34.9 Å². The van der Waals surface area contributed by atoms with Crippen LogP contribution in [0.4, 0.5) is 5.69 Å². The molecular weight excluding hydrogens is 420 g/mol. The average Bonchev–Trinajstić information content (AvgIpc) is 2.99. The van der Waals surface area contributed by atoms with Gasteiger partial charge in [0.2, 0.25) is 0 Å². The van der Waals surface area contributed by atoms with Gasteiger partial charge < -0.3 is 5.32 Å². The fourth-order valence-corrected chi connectivity index (χ4v) is 4.28. The summed E-state index contributed by atoms with van der Waals surface area (Å²) in [6.07, 6.45) is 0. The second-order valence-corrected chi connectivity index (χ2v) is 8.25. The van der Waals surface area contributed by atoms with Crippen molar-refractivity contribution in [3.8, 4) is 0 Å². The standard InChI is InChI=1S/C23H17ClN2O3S/c24-16-6-3-5-15(13-16)21(27)25-17-7-4-8-18(14-17)30-12-11-26-22(28)19-9-1-2-10-20(19)23(26)29/h1-10,13-14H,11-12H2,(H,25,27). The van der Waals surface area contributed by atoms with E-state index in [0.29, 0.717) is 39.7 Å². The lowest BCUT2D eigenvalue weighted by molar-refractivity contribution is 0.0664. The smallest absolute Gasteiger partial charge is 0.261 e. The highest BCUT2D eigenvalue weighted by atomic mass is 35.5. The Labute approximate surface area is 183 Å². The molecule has 0 radical (unpaired) electrons. The third-order valence-corrected chi connectivity index (χ3v) is 5.85. The van der Waals surface area contributed by atoms with Gasteiger partial charge in [0.1, 0.15) is 0 Å². The number of nitrogens with zero attached hydrogens (tertiary/aromatic N) is 1. The lowest BCUT2D eigenvalue weighted by Gasteiger charge is -2.13. The first kappa shape index (κ1) is 20.2. The molecule has 3 aromatic rings. The highest BCUT2D eigenvalue weighted by Gasteiger charge is 2.34. The maximum absolute atomic E-state index is 12.4. The number of thioether (sulfide) groups is 1. The number of imide groups is 1. The molecule has 0 saturated carbocycles. The molecule has 0 aliphatic carbocycles. The van der Waals surface area contributed by atoms with Crippen molar-refractivity contribution in [2.75, 3.05) is 17.6 Å². The maximum atomic E-state index is 12.4. The van der Waals surface area contributed by atoms with Gasteiger partial charge in [0, 0.05) is 33.5 Å². The van der Waals surface area contributed by atoms with Gasteiger partial charge in [-0.1, -0.05) is 35.9 Å². The van der Waals surface area contributed by atoms with Crippen LogP contribution < -0.4 is 5.32 Å². The van der Waals surface area contributed by atoms with Gasteiger partial charge in [-0.05, 0) is 48.5 Å². The number of fused-ring (bicyclic) bond motifs is 1. The van der Waals surface area contributed by atoms with Crippen LogP contribution in [0, 0.1) is 0 Å². The molecule has 1 N–H and O–H groups in total. The molecule has 0 spiro atoms. The predicted molar refractivity (Wildman–Crippen MR) is 118 cm³/mol. The van der Waals surface area contributed by atoms with Crippen LogP contribution in [-0.2, 0) is 0 Å². The van der Waals surface area contributed by atoms with E-state index in [9.17, 15) is 14.4 Å². The van der Waals surface area contributed by atoms with Crippen LogP contribution in [0.2, 0.25) is 5.02 Å². The summed E-state index contributed by atoms with van der Waals surface area (Å²) >= 11 is 7.45. The molecule has 7 heteroatoms. The molecule has 1 aliphatic rings. The summed E-state index contributed by atoms with van der Waals surface area (Å²) in [6.45, 7) is 0.316. The number of hydrogen-bond acceptors (Lipinski definition) is 4. The third kappa shape index (κ3) is 4.25. The van der Waals surface area contributed by atoms with E-state index in [1.807, 2.05) is 18.2 Å². The second-order valence-electron chi connectivity index (χ2n) is 6.65. The number of benzene rings is 3. The molecule has 0 saturated heterocycles.